The van der Waals surface area contributed by atoms with Crippen molar-refractivity contribution in [2.45, 2.75) is 38.8 Å². The van der Waals surface area contributed by atoms with Gasteiger partial charge in [0, 0.05) is 33.0 Å². The predicted octanol–water partition coefficient (Wildman–Crippen LogP) is 1.85. The van der Waals surface area contributed by atoms with Crippen LogP contribution in [0.4, 0.5) is 5.82 Å². The summed E-state index contributed by atoms with van der Waals surface area (Å²) in [5.41, 5.74) is 7.30. The maximum absolute atomic E-state index is 6.11. The Hall–Kier alpha value is -1.17. The Morgan fingerprint density at radius 3 is 2.71 bits per heavy atom. The Kier molecular flexibility index (Phi) is 8.27. The smallest absolute Gasteiger partial charge is 0.132 e. The molecule has 120 valence electrons. The predicted molar refractivity (Wildman–Crippen MR) is 86.8 cm³/mol. The molecule has 0 fully saturated rings. The van der Waals surface area contributed by atoms with Crippen molar-refractivity contribution in [2.24, 2.45) is 5.73 Å². The maximum atomic E-state index is 6.11. The summed E-state index contributed by atoms with van der Waals surface area (Å²) in [6, 6.07) is 4.47. The number of anilines is 1. The van der Waals surface area contributed by atoms with Crippen LogP contribution in [0.25, 0.3) is 0 Å². The molecular weight excluding hydrogens is 266 g/mol. The number of hydrogen-bond acceptors (Lipinski definition) is 5. The lowest BCUT2D eigenvalue weighted by Crippen LogP contribution is -2.40. The molecule has 0 amide bonds. The minimum absolute atomic E-state index is 0.162. The Labute approximate surface area is 128 Å². The molecule has 0 aliphatic carbocycles. The molecule has 0 spiro atoms. The van der Waals surface area contributed by atoms with Gasteiger partial charge in [0.15, 0.2) is 0 Å². The highest BCUT2D eigenvalue weighted by molar-refractivity contribution is 5.48. The van der Waals surface area contributed by atoms with Crippen LogP contribution >= 0.6 is 0 Å². The van der Waals surface area contributed by atoms with Crippen LogP contribution in [0.3, 0.4) is 0 Å². The molecule has 1 rings (SSSR count). The van der Waals surface area contributed by atoms with Crippen molar-refractivity contribution in [3.63, 3.8) is 0 Å². The monoisotopic (exact) mass is 295 g/mol. The SMILES string of the molecule is CCC(N)Cc1cccnc1N(CCOC)C(C)COC. The molecule has 0 saturated heterocycles. The molecule has 0 radical (unpaired) electrons. The minimum atomic E-state index is 0.162. The lowest BCUT2D eigenvalue weighted by molar-refractivity contribution is 0.170. The summed E-state index contributed by atoms with van der Waals surface area (Å²) in [7, 11) is 3.43. The summed E-state index contributed by atoms with van der Waals surface area (Å²) in [4.78, 5) is 6.82. The molecule has 1 aromatic heterocycles. The zero-order valence-electron chi connectivity index (χ0n) is 13.7. The number of rotatable bonds is 10. The summed E-state index contributed by atoms with van der Waals surface area (Å²) in [5.74, 6) is 0.989. The van der Waals surface area contributed by atoms with E-state index in [2.05, 4.69) is 29.8 Å². The first-order chi connectivity index (χ1) is 10.1. The number of nitrogens with two attached hydrogens (primary N) is 1. The second kappa shape index (κ2) is 9.71. The molecule has 2 atom stereocenters. The second-order valence-corrected chi connectivity index (χ2v) is 5.35. The van der Waals surface area contributed by atoms with Gasteiger partial charge in [-0.2, -0.15) is 0 Å². The summed E-state index contributed by atoms with van der Waals surface area (Å²) in [6.07, 6.45) is 3.62. The van der Waals surface area contributed by atoms with E-state index in [4.69, 9.17) is 15.2 Å². The molecule has 2 unspecified atom stereocenters. The highest BCUT2D eigenvalue weighted by Gasteiger charge is 2.19. The van der Waals surface area contributed by atoms with E-state index < -0.39 is 0 Å². The fraction of sp³-hybridized carbons (Fsp3) is 0.688. The third-order valence-corrected chi connectivity index (χ3v) is 3.62. The summed E-state index contributed by atoms with van der Waals surface area (Å²) >= 11 is 0. The van der Waals surface area contributed by atoms with Gasteiger partial charge in [-0.25, -0.2) is 4.98 Å². The largest absolute Gasteiger partial charge is 0.383 e. The Morgan fingerprint density at radius 1 is 1.33 bits per heavy atom. The Bertz CT molecular complexity index is 401. The van der Waals surface area contributed by atoms with Gasteiger partial charge in [-0.1, -0.05) is 13.0 Å². The summed E-state index contributed by atoms with van der Waals surface area (Å²) in [5, 5.41) is 0. The number of nitrogens with zero attached hydrogens (tertiary/aromatic N) is 2. The first-order valence-corrected chi connectivity index (χ1v) is 7.58. The third kappa shape index (κ3) is 5.61. The maximum Gasteiger partial charge on any atom is 0.132 e. The zero-order chi connectivity index (χ0) is 15.7. The van der Waals surface area contributed by atoms with Crippen molar-refractivity contribution >= 4 is 5.82 Å². The van der Waals surface area contributed by atoms with Crippen molar-refractivity contribution in [3.05, 3.63) is 23.9 Å². The molecule has 21 heavy (non-hydrogen) atoms. The molecule has 0 aromatic carbocycles. The lowest BCUT2D eigenvalue weighted by atomic mass is 10.0. The van der Waals surface area contributed by atoms with E-state index in [1.807, 2.05) is 12.3 Å². The van der Waals surface area contributed by atoms with Gasteiger partial charge in [0.25, 0.3) is 0 Å². The van der Waals surface area contributed by atoms with Crippen LogP contribution in [0, 0.1) is 0 Å². The standard InChI is InChI=1S/C16H29N3O2/c1-5-15(17)11-14-7-6-8-18-16(14)19(9-10-20-3)13(2)12-21-4/h6-8,13,15H,5,9-12,17H2,1-4H3. The average molecular weight is 295 g/mol. The fourth-order valence-corrected chi connectivity index (χ4v) is 2.33. The van der Waals surface area contributed by atoms with Gasteiger partial charge in [0.1, 0.15) is 5.82 Å². The van der Waals surface area contributed by atoms with Gasteiger partial charge in [-0.15, -0.1) is 0 Å². The van der Waals surface area contributed by atoms with Crippen LogP contribution in [0.5, 0.6) is 0 Å². The third-order valence-electron chi connectivity index (χ3n) is 3.62. The minimum Gasteiger partial charge on any atom is -0.383 e. The number of methoxy groups -OCH3 is 2. The number of aromatic nitrogens is 1. The van der Waals surface area contributed by atoms with Crippen LogP contribution < -0.4 is 10.6 Å². The molecule has 0 bridgehead atoms. The first kappa shape index (κ1) is 17.9. The van der Waals surface area contributed by atoms with Crippen LogP contribution in [-0.2, 0) is 15.9 Å². The number of hydrogen-bond donors (Lipinski definition) is 1. The molecule has 0 aliphatic heterocycles. The highest BCUT2D eigenvalue weighted by atomic mass is 16.5. The van der Waals surface area contributed by atoms with Crippen molar-refractivity contribution in [2.75, 3.05) is 38.9 Å². The van der Waals surface area contributed by atoms with Gasteiger partial charge in [-0.3, -0.25) is 0 Å². The van der Waals surface area contributed by atoms with Gasteiger partial charge in [0.05, 0.1) is 19.3 Å². The van der Waals surface area contributed by atoms with Crippen molar-refractivity contribution in [1.29, 1.82) is 0 Å². The number of pyridine rings is 1. The van der Waals surface area contributed by atoms with Crippen molar-refractivity contribution in [1.82, 2.24) is 4.98 Å². The van der Waals surface area contributed by atoms with E-state index in [0.29, 0.717) is 13.2 Å². The molecular formula is C16H29N3O2. The molecule has 2 N–H and O–H groups in total. The highest BCUT2D eigenvalue weighted by Crippen LogP contribution is 2.21. The first-order valence-electron chi connectivity index (χ1n) is 7.58. The van der Waals surface area contributed by atoms with Crippen molar-refractivity contribution in [3.8, 4) is 0 Å². The topological polar surface area (TPSA) is 60.6 Å². The van der Waals surface area contributed by atoms with Gasteiger partial charge < -0.3 is 20.1 Å². The van der Waals surface area contributed by atoms with Gasteiger partial charge >= 0.3 is 0 Å². The van der Waals surface area contributed by atoms with E-state index in [1.54, 1.807) is 14.2 Å². The van der Waals surface area contributed by atoms with Gasteiger partial charge in [0.2, 0.25) is 0 Å². The van der Waals surface area contributed by atoms with E-state index in [-0.39, 0.29) is 12.1 Å². The zero-order valence-corrected chi connectivity index (χ0v) is 13.7. The second-order valence-electron chi connectivity index (χ2n) is 5.35. The lowest BCUT2D eigenvalue weighted by Gasteiger charge is -2.31. The van der Waals surface area contributed by atoms with Crippen LogP contribution in [-0.4, -0.2) is 51.0 Å². The summed E-state index contributed by atoms with van der Waals surface area (Å²) in [6.45, 7) is 6.34. The van der Waals surface area contributed by atoms with Crippen molar-refractivity contribution < 1.29 is 9.47 Å². The molecule has 1 aromatic rings. The van der Waals surface area contributed by atoms with Crippen LogP contribution in [0.2, 0.25) is 0 Å². The molecule has 1 heterocycles. The fourth-order valence-electron chi connectivity index (χ4n) is 2.33. The normalized spacial score (nSPS) is 14.0. The quantitative estimate of drug-likeness (QED) is 0.714. The van der Waals surface area contributed by atoms with E-state index in [0.717, 1.165) is 25.2 Å². The molecule has 5 heteroatoms. The Balaban J connectivity index is 2.99. The van der Waals surface area contributed by atoms with Gasteiger partial charge in [-0.05, 0) is 31.4 Å². The van der Waals surface area contributed by atoms with E-state index in [9.17, 15) is 0 Å². The Morgan fingerprint density at radius 2 is 2.10 bits per heavy atom. The molecule has 0 aliphatic rings. The number of ether oxygens (including phenoxy) is 2. The van der Waals surface area contributed by atoms with E-state index in [1.165, 1.54) is 5.56 Å². The van der Waals surface area contributed by atoms with Crippen LogP contribution in [0.15, 0.2) is 18.3 Å². The molecule has 5 nitrogen and oxygen atoms in total. The van der Waals surface area contributed by atoms with Crippen LogP contribution in [0.1, 0.15) is 25.8 Å². The molecule has 0 saturated carbocycles. The average Bonchev–Trinajstić information content (AvgIpc) is 2.49. The van der Waals surface area contributed by atoms with E-state index >= 15 is 0 Å². The summed E-state index contributed by atoms with van der Waals surface area (Å²) < 4.78 is 10.5.